The van der Waals surface area contributed by atoms with Crippen LogP contribution in [0.4, 0.5) is 0 Å². The third-order valence-corrected chi connectivity index (χ3v) is 3.10. The molecule has 2 unspecified atom stereocenters. The Kier molecular flexibility index (Phi) is 5.29. The van der Waals surface area contributed by atoms with Crippen molar-refractivity contribution in [3.05, 3.63) is 0 Å². The van der Waals surface area contributed by atoms with Crippen LogP contribution >= 0.6 is 0 Å². The Hall–Kier alpha value is -0.570. The van der Waals surface area contributed by atoms with Gasteiger partial charge in [-0.2, -0.15) is 0 Å². The molecule has 2 atom stereocenters. The molecule has 15 heavy (non-hydrogen) atoms. The standard InChI is InChI=1S/C12H26N2O/c1-7-8-10(13)11(15)14(6)9(2)12(3,4)5/h9-10H,7-8,13H2,1-6H3. The molecule has 2 N–H and O–H groups in total. The third kappa shape index (κ3) is 4.20. The van der Waals surface area contributed by atoms with Gasteiger partial charge in [0.2, 0.25) is 5.91 Å². The molecule has 0 aromatic rings. The SMILES string of the molecule is CCCC(N)C(=O)N(C)C(C)C(C)(C)C. The lowest BCUT2D eigenvalue weighted by Crippen LogP contribution is -2.49. The zero-order valence-electron chi connectivity index (χ0n) is 11.0. The number of nitrogens with zero attached hydrogens (tertiary/aromatic N) is 1. The van der Waals surface area contributed by atoms with E-state index in [1.54, 1.807) is 4.90 Å². The van der Waals surface area contributed by atoms with Crippen LogP contribution in [0.2, 0.25) is 0 Å². The van der Waals surface area contributed by atoms with E-state index in [0.717, 1.165) is 12.8 Å². The number of hydrogen-bond acceptors (Lipinski definition) is 2. The number of carbonyl (C=O) groups excluding carboxylic acids is 1. The first-order chi connectivity index (χ1) is 6.71. The monoisotopic (exact) mass is 214 g/mol. The lowest BCUT2D eigenvalue weighted by molar-refractivity contribution is -0.135. The van der Waals surface area contributed by atoms with Crippen LogP contribution in [0, 0.1) is 5.41 Å². The minimum Gasteiger partial charge on any atom is -0.341 e. The van der Waals surface area contributed by atoms with Gasteiger partial charge < -0.3 is 10.6 Å². The Bertz CT molecular complexity index is 208. The second-order valence-electron chi connectivity index (χ2n) is 5.39. The number of rotatable bonds is 4. The number of carbonyl (C=O) groups is 1. The summed E-state index contributed by atoms with van der Waals surface area (Å²) in [6.07, 6.45) is 1.71. The van der Waals surface area contributed by atoms with Crippen LogP contribution in [-0.2, 0) is 4.79 Å². The quantitative estimate of drug-likeness (QED) is 0.778. The fraction of sp³-hybridized carbons (Fsp3) is 0.917. The van der Waals surface area contributed by atoms with Crippen LogP contribution in [0.25, 0.3) is 0 Å². The Morgan fingerprint density at radius 1 is 1.40 bits per heavy atom. The molecule has 0 rings (SSSR count). The van der Waals surface area contributed by atoms with Gasteiger partial charge in [-0.15, -0.1) is 0 Å². The van der Waals surface area contributed by atoms with E-state index in [1.807, 2.05) is 14.0 Å². The summed E-state index contributed by atoms with van der Waals surface area (Å²) in [6, 6.07) is -0.141. The van der Waals surface area contributed by atoms with Crippen LogP contribution in [0.5, 0.6) is 0 Å². The summed E-state index contributed by atoms with van der Waals surface area (Å²) in [5.41, 5.74) is 5.91. The largest absolute Gasteiger partial charge is 0.341 e. The number of nitrogens with two attached hydrogens (primary N) is 1. The number of amides is 1. The molecule has 0 fully saturated rings. The highest BCUT2D eigenvalue weighted by Crippen LogP contribution is 2.23. The fourth-order valence-electron chi connectivity index (χ4n) is 1.47. The maximum Gasteiger partial charge on any atom is 0.239 e. The van der Waals surface area contributed by atoms with E-state index in [-0.39, 0.29) is 23.4 Å². The van der Waals surface area contributed by atoms with Crippen molar-refractivity contribution < 1.29 is 4.79 Å². The summed E-state index contributed by atoms with van der Waals surface area (Å²) in [5, 5.41) is 0. The van der Waals surface area contributed by atoms with E-state index in [4.69, 9.17) is 5.73 Å². The molecule has 0 aromatic heterocycles. The van der Waals surface area contributed by atoms with Gasteiger partial charge in [0.15, 0.2) is 0 Å². The highest BCUT2D eigenvalue weighted by atomic mass is 16.2. The van der Waals surface area contributed by atoms with Crippen LogP contribution < -0.4 is 5.73 Å². The van der Waals surface area contributed by atoms with Crippen LogP contribution in [-0.4, -0.2) is 29.9 Å². The van der Waals surface area contributed by atoms with Crippen molar-refractivity contribution in [1.82, 2.24) is 4.90 Å². The Morgan fingerprint density at radius 3 is 2.20 bits per heavy atom. The predicted octanol–water partition coefficient (Wildman–Crippen LogP) is 2.01. The summed E-state index contributed by atoms with van der Waals surface area (Å²) in [5.74, 6) is 0.0549. The fourth-order valence-corrected chi connectivity index (χ4v) is 1.47. The summed E-state index contributed by atoms with van der Waals surface area (Å²) in [4.78, 5) is 13.7. The molecule has 0 aliphatic carbocycles. The lowest BCUT2D eigenvalue weighted by Gasteiger charge is -2.36. The summed E-state index contributed by atoms with van der Waals surface area (Å²) in [7, 11) is 1.84. The maximum atomic E-state index is 11.9. The molecule has 0 radical (unpaired) electrons. The second-order valence-corrected chi connectivity index (χ2v) is 5.39. The average molecular weight is 214 g/mol. The van der Waals surface area contributed by atoms with Gasteiger partial charge in [-0.25, -0.2) is 0 Å². The molecule has 0 spiro atoms. The third-order valence-electron chi connectivity index (χ3n) is 3.10. The molecule has 1 amide bonds. The van der Waals surface area contributed by atoms with E-state index in [2.05, 4.69) is 27.7 Å². The highest BCUT2D eigenvalue weighted by molar-refractivity contribution is 5.81. The van der Waals surface area contributed by atoms with Crippen molar-refractivity contribution in [3.63, 3.8) is 0 Å². The molecule has 3 heteroatoms. The first-order valence-corrected chi connectivity index (χ1v) is 5.74. The van der Waals surface area contributed by atoms with E-state index in [1.165, 1.54) is 0 Å². The molecule has 90 valence electrons. The Labute approximate surface area is 94.0 Å². The van der Waals surface area contributed by atoms with E-state index in [9.17, 15) is 4.79 Å². The zero-order chi connectivity index (χ0) is 12.2. The highest BCUT2D eigenvalue weighted by Gasteiger charge is 2.29. The minimum absolute atomic E-state index is 0.0549. The van der Waals surface area contributed by atoms with Crippen molar-refractivity contribution in [3.8, 4) is 0 Å². The van der Waals surface area contributed by atoms with E-state index < -0.39 is 0 Å². The van der Waals surface area contributed by atoms with Gasteiger partial charge in [-0.1, -0.05) is 34.1 Å². The van der Waals surface area contributed by atoms with Crippen molar-refractivity contribution in [2.24, 2.45) is 11.1 Å². The van der Waals surface area contributed by atoms with Crippen molar-refractivity contribution >= 4 is 5.91 Å². The molecular weight excluding hydrogens is 188 g/mol. The van der Waals surface area contributed by atoms with Gasteiger partial charge >= 0.3 is 0 Å². The molecule has 0 saturated carbocycles. The van der Waals surface area contributed by atoms with Crippen molar-refractivity contribution in [1.29, 1.82) is 0 Å². The van der Waals surface area contributed by atoms with Gasteiger partial charge in [-0.3, -0.25) is 4.79 Å². The molecule has 0 heterocycles. The van der Waals surface area contributed by atoms with Gasteiger partial charge in [0, 0.05) is 13.1 Å². The first kappa shape index (κ1) is 14.4. The van der Waals surface area contributed by atoms with Gasteiger partial charge in [0.05, 0.1) is 6.04 Å². The van der Waals surface area contributed by atoms with E-state index >= 15 is 0 Å². The summed E-state index contributed by atoms with van der Waals surface area (Å²) in [6.45, 7) is 10.5. The predicted molar refractivity (Wildman–Crippen MR) is 64.6 cm³/mol. The number of hydrogen-bond donors (Lipinski definition) is 1. The average Bonchev–Trinajstić information content (AvgIpc) is 2.13. The zero-order valence-corrected chi connectivity index (χ0v) is 11.0. The van der Waals surface area contributed by atoms with Gasteiger partial charge in [0.25, 0.3) is 0 Å². The topological polar surface area (TPSA) is 46.3 Å². The second kappa shape index (κ2) is 5.50. The van der Waals surface area contributed by atoms with Gasteiger partial charge in [0.1, 0.15) is 0 Å². The molecular formula is C12H26N2O. The smallest absolute Gasteiger partial charge is 0.239 e. The molecule has 0 aliphatic rings. The first-order valence-electron chi connectivity index (χ1n) is 5.74. The number of likely N-dealkylation sites (N-methyl/N-ethyl adjacent to an activating group) is 1. The molecule has 0 saturated heterocycles. The Morgan fingerprint density at radius 2 is 1.87 bits per heavy atom. The van der Waals surface area contributed by atoms with Crippen molar-refractivity contribution in [2.45, 2.75) is 59.5 Å². The van der Waals surface area contributed by atoms with Crippen LogP contribution in [0.3, 0.4) is 0 Å². The molecule has 0 bridgehead atoms. The molecule has 3 nitrogen and oxygen atoms in total. The molecule has 0 aliphatic heterocycles. The van der Waals surface area contributed by atoms with Crippen LogP contribution in [0.1, 0.15) is 47.5 Å². The van der Waals surface area contributed by atoms with Gasteiger partial charge in [-0.05, 0) is 18.8 Å². The summed E-state index contributed by atoms with van der Waals surface area (Å²) < 4.78 is 0. The Balaban J connectivity index is 4.44. The van der Waals surface area contributed by atoms with Crippen LogP contribution in [0.15, 0.2) is 0 Å². The molecule has 0 aromatic carbocycles. The van der Waals surface area contributed by atoms with E-state index in [0.29, 0.717) is 0 Å². The van der Waals surface area contributed by atoms with Crippen molar-refractivity contribution in [2.75, 3.05) is 7.05 Å². The minimum atomic E-state index is -0.343. The summed E-state index contributed by atoms with van der Waals surface area (Å²) >= 11 is 0. The lowest BCUT2D eigenvalue weighted by atomic mass is 9.87. The normalized spacial score (nSPS) is 15.9. The maximum absolute atomic E-state index is 11.9.